The van der Waals surface area contributed by atoms with Gasteiger partial charge in [0.05, 0.1) is 5.92 Å². The summed E-state index contributed by atoms with van der Waals surface area (Å²) in [4.78, 5) is 28.9. The highest BCUT2D eigenvalue weighted by Gasteiger charge is 2.60. The number of allylic oxidation sites excluding steroid dienone is 1. The second kappa shape index (κ2) is 13.7. The van der Waals surface area contributed by atoms with Gasteiger partial charge in [-0.25, -0.2) is 4.79 Å². The van der Waals surface area contributed by atoms with Crippen LogP contribution in [0, 0.1) is 34.5 Å². The van der Waals surface area contributed by atoms with Crippen molar-refractivity contribution in [2.75, 3.05) is 0 Å². The van der Waals surface area contributed by atoms with Crippen LogP contribution < -0.4 is 0 Å². The summed E-state index contributed by atoms with van der Waals surface area (Å²) in [5, 5.41) is 25.7. The molecule has 3 rings (SSSR count). The van der Waals surface area contributed by atoms with Crippen molar-refractivity contribution in [2.24, 2.45) is 34.5 Å². The van der Waals surface area contributed by atoms with Crippen molar-refractivity contribution in [3.8, 4) is 0 Å². The summed E-state index contributed by atoms with van der Waals surface area (Å²) in [5.74, 6) is -1.37. The van der Waals surface area contributed by atoms with E-state index in [0.717, 1.165) is 25.7 Å². The van der Waals surface area contributed by atoms with Gasteiger partial charge in [-0.1, -0.05) is 82.2 Å². The molecule has 12 atom stereocenters. The normalized spacial score (nSPS) is 46.5. The Hall–Kier alpha value is -1.48. The first-order valence-electron chi connectivity index (χ1n) is 18.7. The summed E-state index contributed by atoms with van der Waals surface area (Å²) in [6, 6.07) is 0. The summed E-state index contributed by atoms with van der Waals surface area (Å²) in [6.45, 7) is 31.2. The third-order valence-electron chi connectivity index (χ3n) is 15.1. The minimum atomic E-state index is -0.623. The summed E-state index contributed by atoms with van der Waals surface area (Å²) < 4.78 is 13.0. The van der Waals surface area contributed by atoms with E-state index in [9.17, 15) is 20.0 Å². The lowest BCUT2D eigenvalue weighted by atomic mass is 9.51. The molecule has 0 aromatic rings. The van der Waals surface area contributed by atoms with Crippen LogP contribution in [0.3, 0.4) is 0 Å². The average molecular weight is 663 g/mol. The molecule has 0 aromatic carbocycles. The third-order valence-corrected chi connectivity index (χ3v) is 15.1. The lowest BCUT2D eigenvalue weighted by Gasteiger charge is -2.58. The number of nitrogens with zero attached hydrogens (tertiary/aromatic N) is 2. The molecule has 0 amide bonds. The van der Waals surface area contributed by atoms with Gasteiger partial charge in [0.25, 0.3) is 0 Å². The van der Waals surface area contributed by atoms with Gasteiger partial charge in [-0.2, -0.15) is 10.1 Å². The predicted molar refractivity (Wildman–Crippen MR) is 187 cm³/mol. The van der Waals surface area contributed by atoms with Gasteiger partial charge in [0.1, 0.15) is 12.2 Å². The van der Waals surface area contributed by atoms with Crippen molar-refractivity contribution in [2.45, 2.75) is 190 Å². The van der Waals surface area contributed by atoms with E-state index in [4.69, 9.17) is 9.47 Å². The molecule has 2 heterocycles. The monoisotopic (exact) mass is 663 g/mol. The number of hydroxylamine groups is 4. The Morgan fingerprint density at radius 3 is 1.49 bits per heavy atom. The second-order valence-electron chi connectivity index (χ2n) is 17.1. The second-order valence-corrected chi connectivity index (χ2v) is 17.1. The Kier molecular flexibility index (Phi) is 11.6. The van der Waals surface area contributed by atoms with Crippen molar-refractivity contribution in [1.82, 2.24) is 10.1 Å². The van der Waals surface area contributed by atoms with Gasteiger partial charge < -0.3 is 19.9 Å². The number of esters is 2. The minimum absolute atomic E-state index is 0.0705. The maximum atomic E-state index is 14.6. The average Bonchev–Trinajstić information content (AvgIpc) is 3.05. The molecule has 2 N–H and O–H groups in total. The van der Waals surface area contributed by atoms with Gasteiger partial charge in [-0.3, -0.25) is 4.79 Å². The predicted octanol–water partition coefficient (Wildman–Crippen LogP) is 8.97. The topological polar surface area (TPSA) is 99.5 Å². The van der Waals surface area contributed by atoms with E-state index in [1.807, 2.05) is 13.0 Å². The summed E-state index contributed by atoms with van der Waals surface area (Å²) in [7, 11) is 0. The molecule has 2 saturated heterocycles. The number of hydrogen-bond donors (Lipinski definition) is 2. The van der Waals surface area contributed by atoms with Crippen LogP contribution in [0.4, 0.5) is 0 Å². The van der Waals surface area contributed by atoms with E-state index < -0.39 is 38.9 Å². The molecule has 2 fully saturated rings. The number of ether oxygens (including phenoxy) is 2. The molecule has 0 radical (unpaired) electrons. The lowest BCUT2D eigenvalue weighted by molar-refractivity contribution is -0.290. The third kappa shape index (κ3) is 6.25. The Morgan fingerprint density at radius 2 is 1.13 bits per heavy atom. The van der Waals surface area contributed by atoms with E-state index in [-0.39, 0.29) is 41.9 Å². The van der Waals surface area contributed by atoms with Gasteiger partial charge >= 0.3 is 11.9 Å². The van der Waals surface area contributed by atoms with Crippen LogP contribution in [0.1, 0.15) is 155 Å². The van der Waals surface area contributed by atoms with Crippen molar-refractivity contribution in [3.63, 3.8) is 0 Å². The van der Waals surface area contributed by atoms with Gasteiger partial charge in [0.2, 0.25) is 0 Å². The molecule has 1 aliphatic carbocycles. The smallest absolute Gasteiger partial charge is 0.334 e. The van der Waals surface area contributed by atoms with Crippen LogP contribution in [-0.2, 0) is 19.1 Å². The van der Waals surface area contributed by atoms with Crippen LogP contribution in [0.2, 0.25) is 0 Å². The number of piperidine rings is 2. The van der Waals surface area contributed by atoms with Crippen LogP contribution in [-0.4, -0.2) is 66.8 Å². The molecule has 0 saturated carbocycles. The molecule has 0 bridgehead atoms. The molecular weight excluding hydrogens is 592 g/mol. The molecule has 3 aliphatic rings. The molecule has 0 aromatic heterocycles. The highest BCUT2D eigenvalue weighted by atomic mass is 16.6. The number of rotatable bonds is 10. The Bertz CT molecular complexity index is 1190. The van der Waals surface area contributed by atoms with E-state index in [1.54, 1.807) is 0 Å². The zero-order valence-corrected chi connectivity index (χ0v) is 32.6. The van der Waals surface area contributed by atoms with Gasteiger partial charge in [0, 0.05) is 52.4 Å². The standard InChI is InChI=1S/C39H70N2O6/c1-16-34(10)22-28(32(42)46-29-23-35(11,17-2)40(44)38(14,20-5)26(29)8)25(7)37(13,19-4)31(34)33(43)47-30-24-36(12,18-3)41(45)39(15,21-6)27(30)9/h22,25-27,29-31,44-45H,16-21,23-24H2,1-15H3. The largest absolute Gasteiger partial charge is 0.462 e. The molecule has 47 heavy (non-hydrogen) atoms. The first-order chi connectivity index (χ1) is 21.6. The lowest BCUT2D eigenvalue weighted by Crippen LogP contribution is -2.67. The van der Waals surface area contributed by atoms with Crippen molar-refractivity contribution in [3.05, 3.63) is 11.6 Å². The molecule has 0 spiro atoms. The van der Waals surface area contributed by atoms with Crippen molar-refractivity contribution >= 4 is 11.9 Å². The fourth-order valence-electron chi connectivity index (χ4n) is 9.57. The number of carbonyl (C=O) groups is 2. The van der Waals surface area contributed by atoms with E-state index in [0.29, 0.717) is 31.3 Å². The van der Waals surface area contributed by atoms with E-state index in [1.165, 1.54) is 10.1 Å². The summed E-state index contributed by atoms with van der Waals surface area (Å²) in [5.41, 5.74) is -2.62. The maximum absolute atomic E-state index is 14.6. The van der Waals surface area contributed by atoms with Crippen LogP contribution in [0.15, 0.2) is 11.6 Å². The molecule has 8 nitrogen and oxygen atoms in total. The Morgan fingerprint density at radius 1 is 0.702 bits per heavy atom. The Labute approximate surface area is 286 Å². The van der Waals surface area contributed by atoms with Crippen molar-refractivity contribution in [1.29, 1.82) is 0 Å². The van der Waals surface area contributed by atoms with Gasteiger partial charge in [0.15, 0.2) is 0 Å². The fraction of sp³-hybridized carbons (Fsp3) is 0.897. The highest BCUT2D eigenvalue weighted by molar-refractivity contribution is 5.91. The molecule has 2 aliphatic heterocycles. The number of carbonyl (C=O) groups excluding carboxylic acids is 2. The zero-order chi connectivity index (χ0) is 36.1. The summed E-state index contributed by atoms with van der Waals surface area (Å²) in [6.07, 6.45) is 6.72. The fourth-order valence-corrected chi connectivity index (χ4v) is 9.57. The quantitative estimate of drug-likeness (QED) is 0.224. The van der Waals surface area contributed by atoms with Gasteiger partial charge in [-0.15, -0.1) is 0 Å². The molecule has 12 unspecified atom stereocenters. The van der Waals surface area contributed by atoms with E-state index >= 15 is 0 Å². The van der Waals surface area contributed by atoms with Crippen LogP contribution in [0.25, 0.3) is 0 Å². The SMILES string of the molecule is CCC1(C)C=C(C(=O)OC2CC(C)(CC)N(O)C(C)(CC)C2C)C(C)C(C)(CC)C1C(=O)OC1CC(C)(CC)N(O)C(C)(CC)C1C. The van der Waals surface area contributed by atoms with Crippen LogP contribution in [0.5, 0.6) is 0 Å². The minimum Gasteiger partial charge on any atom is -0.462 e. The van der Waals surface area contributed by atoms with Crippen LogP contribution >= 0.6 is 0 Å². The van der Waals surface area contributed by atoms with Gasteiger partial charge in [-0.05, 0) is 83.0 Å². The molecular formula is C39H70N2O6. The summed E-state index contributed by atoms with van der Waals surface area (Å²) >= 11 is 0. The molecule has 8 heteroatoms. The maximum Gasteiger partial charge on any atom is 0.334 e. The van der Waals surface area contributed by atoms with E-state index in [2.05, 4.69) is 96.9 Å². The first-order valence-corrected chi connectivity index (χ1v) is 18.7. The van der Waals surface area contributed by atoms with Crippen molar-refractivity contribution < 1.29 is 29.5 Å². The highest BCUT2D eigenvalue weighted by Crippen LogP contribution is 2.58. The first kappa shape index (κ1) is 40.0. The Balaban J connectivity index is 2.00. The molecule has 272 valence electrons. The number of hydrogen-bond acceptors (Lipinski definition) is 8. The zero-order valence-electron chi connectivity index (χ0n) is 32.6.